The van der Waals surface area contributed by atoms with Crippen molar-refractivity contribution in [1.82, 2.24) is 0 Å². The number of hydrogen-bond donors (Lipinski definition) is 0. The van der Waals surface area contributed by atoms with Crippen molar-refractivity contribution in [2.45, 2.75) is 32.1 Å². The summed E-state index contributed by atoms with van der Waals surface area (Å²) in [4.78, 5) is 0. The largest absolute Gasteiger partial charge is 0.242 e. The lowest BCUT2D eigenvalue weighted by molar-refractivity contribution is 0.405. The van der Waals surface area contributed by atoms with Gasteiger partial charge in [-0.05, 0) is 69.0 Å². The van der Waals surface area contributed by atoms with Gasteiger partial charge in [0.05, 0.1) is 0 Å². The summed E-state index contributed by atoms with van der Waals surface area (Å²) in [6.07, 6.45) is 8.92. The fourth-order valence-electron chi connectivity index (χ4n) is 7.22. The molecule has 0 spiro atoms. The van der Waals surface area contributed by atoms with E-state index in [0.29, 0.717) is 5.92 Å². The van der Waals surface area contributed by atoms with Crippen LogP contribution in [0.4, 0.5) is 0 Å². The molecule has 1 aliphatic carbocycles. The first-order valence-corrected chi connectivity index (χ1v) is 16.9. The summed E-state index contributed by atoms with van der Waals surface area (Å²) < 4.78 is 0. The molecule has 7 rings (SSSR count). The molecule has 2 heteroatoms. The van der Waals surface area contributed by atoms with Crippen molar-refractivity contribution >= 4 is 67.2 Å². The highest BCUT2D eigenvalue weighted by molar-refractivity contribution is 7.98. The topological polar surface area (TPSA) is 0 Å². The van der Waals surface area contributed by atoms with Crippen LogP contribution in [0.15, 0.2) is 133 Å². The van der Waals surface area contributed by atoms with E-state index in [9.17, 15) is 0 Å². The molecule has 6 aromatic carbocycles. The molecule has 1 saturated carbocycles. The Kier molecular flexibility index (Phi) is 7.90. The van der Waals surface area contributed by atoms with E-state index in [0.717, 1.165) is 5.75 Å². The van der Waals surface area contributed by atoms with Crippen LogP contribution in [0.2, 0.25) is 0 Å². The highest BCUT2D eigenvalue weighted by Crippen LogP contribution is 2.38. The fraction of sp³-hybridized carbons (Fsp3) is 0.200. The summed E-state index contributed by atoms with van der Waals surface area (Å²) in [5.74, 6) is 1.71. The normalized spacial score (nSPS) is 14.8. The number of benzene rings is 6. The summed E-state index contributed by atoms with van der Waals surface area (Å²) in [5, 5.41) is 7.83. The van der Waals surface area contributed by atoms with Gasteiger partial charge in [-0.2, -0.15) is 11.8 Å². The molecule has 0 saturated heterocycles. The zero-order chi connectivity index (χ0) is 28.3. The van der Waals surface area contributed by atoms with E-state index >= 15 is 0 Å². The third-order valence-corrected chi connectivity index (χ3v) is 9.91. The summed E-state index contributed by atoms with van der Waals surface area (Å²) in [7, 11) is 0. The molecular formula is C40H37BS. The average Bonchev–Trinajstić information content (AvgIpc) is 3.06. The van der Waals surface area contributed by atoms with Gasteiger partial charge in [0.25, 0.3) is 0 Å². The Labute approximate surface area is 254 Å². The second-order valence-electron chi connectivity index (χ2n) is 11.9. The highest BCUT2D eigenvalue weighted by Gasteiger charge is 2.31. The molecular weight excluding hydrogens is 523 g/mol. The van der Waals surface area contributed by atoms with Crippen molar-refractivity contribution in [3.63, 3.8) is 0 Å². The van der Waals surface area contributed by atoms with Gasteiger partial charge >= 0.3 is 0 Å². The lowest BCUT2D eigenvalue weighted by Gasteiger charge is -2.31. The molecule has 6 aromatic rings. The molecule has 0 heterocycles. The molecule has 0 N–H and O–H groups in total. The minimum absolute atomic E-state index is 0.143. The summed E-state index contributed by atoms with van der Waals surface area (Å²) >= 11 is 1.99. The fourth-order valence-corrected chi connectivity index (χ4v) is 7.92. The van der Waals surface area contributed by atoms with Crippen molar-refractivity contribution in [3.8, 4) is 0 Å². The first-order chi connectivity index (χ1) is 20.8. The SMILES string of the molecule is CSC/C(=C(\B(c1ccc2ccccc2c1)c1ccc2ccccc2c1)c1ccc2ccccc2c1)C1CCCCC1. The number of fused-ring (bicyclic) bond motifs is 3. The van der Waals surface area contributed by atoms with Crippen molar-refractivity contribution in [2.24, 2.45) is 5.92 Å². The molecule has 0 nitrogen and oxygen atoms in total. The first kappa shape index (κ1) is 27.1. The summed E-state index contributed by atoms with van der Waals surface area (Å²) in [6, 6.07) is 47.9. The Morgan fingerprint density at radius 3 is 1.57 bits per heavy atom. The molecule has 0 radical (unpaired) electrons. The van der Waals surface area contributed by atoms with Gasteiger partial charge in [0, 0.05) is 5.75 Å². The monoisotopic (exact) mass is 560 g/mol. The number of hydrogen-bond acceptors (Lipinski definition) is 1. The lowest BCUT2D eigenvalue weighted by Crippen LogP contribution is -2.44. The van der Waals surface area contributed by atoms with Crippen molar-refractivity contribution < 1.29 is 0 Å². The molecule has 0 atom stereocenters. The van der Waals surface area contributed by atoms with Crippen LogP contribution in [0, 0.1) is 5.92 Å². The molecule has 0 aliphatic heterocycles. The van der Waals surface area contributed by atoms with Crippen molar-refractivity contribution in [3.05, 3.63) is 139 Å². The van der Waals surface area contributed by atoms with Crippen LogP contribution in [0.1, 0.15) is 37.7 Å². The van der Waals surface area contributed by atoms with Crippen LogP contribution in [-0.4, -0.2) is 18.7 Å². The van der Waals surface area contributed by atoms with E-state index in [1.54, 1.807) is 5.57 Å². The van der Waals surface area contributed by atoms with Gasteiger partial charge in [-0.25, -0.2) is 0 Å². The van der Waals surface area contributed by atoms with E-state index in [2.05, 4.69) is 134 Å². The zero-order valence-corrected chi connectivity index (χ0v) is 25.2. The van der Waals surface area contributed by atoms with Gasteiger partial charge in [-0.15, -0.1) is 0 Å². The Bertz CT molecular complexity index is 1820. The predicted molar refractivity (Wildman–Crippen MR) is 189 cm³/mol. The third kappa shape index (κ3) is 5.41. The Morgan fingerprint density at radius 2 is 1.05 bits per heavy atom. The predicted octanol–water partition coefficient (Wildman–Crippen LogP) is 9.69. The average molecular weight is 561 g/mol. The molecule has 1 fully saturated rings. The zero-order valence-electron chi connectivity index (χ0n) is 24.4. The maximum Gasteiger partial charge on any atom is 0.242 e. The minimum atomic E-state index is 0.143. The molecule has 42 heavy (non-hydrogen) atoms. The van der Waals surface area contributed by atoms with Gasteiger partial charge in [0.1, 0.15) is 0 Å². The van der Waals surface area contributed by atoms with Gasteiger partial charge in [-0.1, -0.05) is 163 Å². The van der Waals surface area contributed by atoms with Crippen molar-refractivity contribution in [1.29, 1.82) is 0 Å². The van der Waals surface area contributed by atoms with Crippen LogP contribution in [-0.2, 0) is 0 Å². The Balaban J connectivity index is 1.54. The van der Waals surface area contributed by atoms with E-state index < -0.39 is 0 Å². The standard InChI is InChI=1S/C40H37BS/c1-42-28-39(32-14-3-2-4-15-32)40(36-20-19-29-11-5-8-16-33(29)25-36)41(37-23-21-30-12-6-9-17-34(30)26-37)38-24-22-31-13-7-10-18-35(31)27-38/h5-13,16-27,32H,2-4,14-15,28H2,1H3/b40-39+. The van der Waals surface area contributed by atoms with Gasteiger partial charge < -0.3 is 0 Å². The Hall–Kier alpha value is -3.75. The lowest BCUT2D eigenvalue weighted by atomic mass is 9.34. The van der Waals surface area contributed by atoms with Gasteiger partial charge in [0.2, 0.25) is 6.71 Å². The second kappa shape index (κ2) is 12.2. The quantitative estimate of drug-likeness (QED) is 0.175. The van der Waals surface area contributed by atoms with Gasteiger partial charge in [-0.3, -0.25) is 0 Å². The molecule has 0 amide bonds. The van der Waals surface area contributed by atoms with Crippen LogP contribution in [0.25, 0.3) is 37.8 Å². The van der Waals surface area contributed by atoms with E-state index in [4.69, 9.17) is 0 Å². The molecule has 0 unspecified atom stereocenters. The van der Waals surface area contributed by atoms with Crippen LogP contribution in [0.5, 0.6) is 0 Å². The summed E-state index contributed by atoms with van der Waals surface area (Å²) in [5.41, 5.74) is 7.30. The van der Waals surface area contributed by atoms with Crippen LogP contribution < -0.4 is 10.9 Å². The maximum atomic E-state index is 2.46. The van der Waals surface area contributed by atoms with E-state index in [-0.39, 0.29) is 6.71 Å². The molecule has 206 valence electrons. The number of thioether (sulfide) groups is 1. The molecule has 0 bridgehead atoms. The van der Waals surface area contributed by atoms with E-state index in [1.807, 2.05) is 11.8 Å². The van der Waals surface area contributed by atoms with Crippen molar-refractivity contribution in [2.75, 3.05) is 12.0 Å². The maximum absolute atomic E-state index is 2.46. The first-order valence-electron chi connectivity index (χ1n) is 15.5. The minimum Gasteiger partial charge on any atom is -0.161 e. The van der Waals surface area contributed by atoms with Crippen LogP contribution >= 0.6 is 11.8 Å². The smallest absolute Gasteiger partial charge is 0.161 e. The summed E-state index contributed by atoms with van der Waals surface area (Å²) in [6.45, 7) is 0.143. The number of rotatable bonds is 7. The molecule has 0 aromatic heterocycles. The van der Waals surface area contributed by atoms with E-state index in [1.165, 1.54) is 86.4 Å². The van der Waals surface area contributed by atoms with Gasteiger partial charge in [0.15, 0.2) is 0 Å². The third-order valence-electron chi connectivity index (χ3n) is 9.31. The Morgan fingerprint density at radius 1 is 0.571 bits per heavy atom. The molecule has 1 aliphatic rings. The van der Waals surface area contributed by atoms with Crippen LogP contribution in [0.3, 0.4) is 0 Å². The second-order valence-corrected chi connectivity index (χ2v) is 12.8. The highest BCUT2D eigenvalue weighted by atomic mass is 32.2.